The third-order valence-corrected chi connectivity index (χ3v) is 1.68. The highest BCUT2D eigenvalue weighted by Gasteiger charge is 2.03. The standard InChI is InChI=1S/C9H14N4O2/c1-12(2)6-10-7-5-8(14)13(3)9(11-7)15-4/h5-6H,1-4H3/b10-6+. The second kappa shape index (κ2) is 4.59. The number of methoxy groups -OCH3 is 1. The van der Waals surface area contributed by atoms with Crippen LogP contribution < -0.4 is 10.3 Å². The third-order valence-electron chi connectivity index (χ3n) is 1.68. The zero-order valence-electron chi connectivity index (χ0n) is 9.26. The van der Waals surface area contributed by atoms with Crippen molar-refractivity contribution in [3.8, 4) is 6.01 Å². The van der Waals surface area contributed by atoms with Crippen molar-refractivity contribution >= 4 is 12.2 Å². The van der Waals surface area contributed by atoms with E-state index in [-0.39, 0.29) is 11.6 Å². The quantitative estimate of drug-likeness (QED) is 0.521. The van der Waals surface area contributed by atoms with E-state index in [1.165, 1.54) is 17.7 Å². The van der Waals surface area contributed by atoms with Crippen LogP contribution in [0, 0.1) is 0 Å². The molecule has 1 aromatic rings. The van der Waals surface area contributed by atoms with Crippen LogP contribution in [0.4, 0.5) is 5.82 Å². The maximum Gasteiger partial charge on any atom is 0.300 e. The summed E-state index contributed by atoms with van der Waals surface area (Å²) >= 11 is 0. The van der Waals surface area contributed by atoms with Crippen LogP contribution in [0.2, 0.25) is 0 Å². The first-order valence-electron chi connectivity index (χ1n) is 4.37. The second-order valence-corrected chi connectivity index (χ2v) is 3.21. The molecule has 0 bridgehead atoms. The minimum Gasteiger partial charge on any atom is -0.468 e. The van der Waals surface area contributed by atoms with E-state index in [1.807, 2.05) is 14.1 Å². The predicted molar refractivity (Wildman–Crippen MR) is 57.9 cm³/mol. The van der Waals surface area contributed by atoms with Gasteiger partial charge in [-0.25, -0.2) is 4.99 Å². The lowest BCUT2D eigenvalue weighted by molar-refractivity contribution is 0.357. The fraction of sp³-hybridized carbons (Fsp3) is 0.444. The molecule has 15 heavy (non-hydrogen) atoms. The summed E-state index contributed by atoms with van der Waals surface area (Å²) in [7, 11) is 6.72. The molecule has 0 spiro atoms. The Labute approximate surface area is 87.8 Å². The second-order valence-electron chi connectivity index (χ2n) is 3.21. The van der Waals surface area contributed by atoms with Crippen molar-refractivity contribution in [3.63, 3.8) is 0 Å². The van der Waals surface area contributed by atoms with Crippen molar-refractivity contribution in [1.29, 1.82) is 0 Å². The van der Waals surface area contributed by atoms with Crippen molar-refractivity contribution in [1.82, 2.24) is 14.5 Å². The van der Waals surface area contributed by atoms with Gasteiger partial charge in [-0.15, -0.1) is 0 Å². The molecular formula is C9H14N4O2. The SMILES string of the molecule is COc1nc(/N=C/N(C)C)cc(=O)n1C. The third kappa shape index (κ3) is 2.80. The zero-order chi connectivity index (χ0) is 11.4. The Hall–Kier alpha value is -1.85. The summed E-state index contributed by atoms with van der Waals surface area (Å²) < 4.78 is 6.25. The molecule has 0 radical (unpaired) electrons. The highest BCUT2D eigenvalue weighted by molar-refractivity contribution is 5.58. The number of hydrogen-bond acceptors (Lipinski definition) is 4. The molecule has 1 heterocycles. The van der Waals surface area contributed by atoms with E-state index in [1.54, 1.807) is 18.3 Å². The Kier molecular flexibility index (Phi) is 3.43. The van der Waals surface area contributed by atoms with Gasteiger partial charge < -0.3 is 9.64 Å². The highest BCUT2D eigenvalue weighted by atomic mass is 16.5. The Morgan fingerprint density at radius 1 is 1.60 bits per heavy atom. The molecule has 0 N–H and O–H groups in total. The van der Waals surface area contributed by atoms with Gasteiger partial charge in [0.15, 0.2) is 5.82 Å². The molecule has 0 aliphatic carbocycles. The molecule has 0 saturated heterocycles. The van der Waals surface area contributed by atoms with E-state index in [2.05, 4.69) is 9.98 Å². The van der Waals surface area contributed by atoms with E-state index >= 15 is 0 Å². The lowest BCUT2D eigenvalue weighted by Gasteiger charge is -2.06. The minimum atomic E-state index is -0.201. The molecule has 0 amide bonds. The van der Waals surface area contributed by atoms with E-state index in [9.17, 15) is 4.79 Å². The number of rotatable bonds is 3. The molecule has 82 valence electrons. The molecule has 0 aliphatic heterocycles. The maximum absolute atomic E-state index is 11.4. The van der Waals surface area contributed by atoms with E-state index in [0.29, 0.717) is 5.82 Å². The Morgan fingerprint density at radius 2 is 2.27 bits per heavy atom. The lowest BCUT2D eigenvalue weighted by Crippen LogP contribution is -2.18. The molecular weight excluding hydrogens is 196 g/mol. The molecule has 0 aromatic carbocycles. The fourth-order valence-corrected chi connectivity index (χ4v) is 0.930. The van der Waals surface area contributed by atoms with Gasteiger partial charge in [0.05, 0.1) is 13.4 Å². The van der Waals surface area contributed by atoms with E-state index in [0.717, 1.165) is 0 Å². The van der Waals surface area contributed by atoms with E-state index in [4.69, 9.17) is 4.74 Å². The van der Waals surface area contributed by atoms with Gasteiger partial charge in [0.2, 0.25) is 0 Å². The first-order chi connectivity index (χ1) is 7.04. The number of hydrogen-bond donors (Lipinski definition) is 0. The Balaban J connectivity index is 3.12. The smallest absolute Gasteiger partial charge is 0.300 e. The number of aliphatic imine (C=N–C) groups is 1. The normalized spacial score (nSPS) is 10.7. The average Bonchev–Trinajstić information content (AvgIpc) is 2.19. The summed E-state index contributed by atoms with van der Waals surface area (Å²) in [4.78, 5) is 21.2. The molecule has 0 fully saturated rings. The van der Waals surface area contributed by atoms with Crippen LogP contribution in [0.25, 0.3) is 0 Å². The van der Waals surface area contributed by atoms with Crippen LogP contribution in [0.1, 0.15) is 0 Å². The molecule has 1 rings (SSSR count). The largest absolute Gasteiger partial charge is 0.468 e. The van der Waals surface area contributed by atoms with Crippen LogP contribution in [-0.2, 0) is 7.05 Å². The van der Waals surface area contributed by atoms with Gasteiger partial charge in [-0.1, -0.05) is 0 Å². The van der Waals surface area contributed by atoms with Gasteiger partial charge in [-0.05, 0) is 0 Å². The van der Waals surface area contributed by atoms with Crippen molar-refractivity contribution in [2.45, 2.75) is 0 Å². The molecule has 0 saturated carbocycles. The van der Waals surface area contributed by atoms with Crippen LogP contribution in [0.3, 0.4) is 0 Å². The molecule has 0 unspecified atom stereocenters. The van der Waals surface area contributed by atoms with Gasteiger partial charge in [-0.3, -0.25) is 9.36 Å². The van der Waals surface area contributed by atoms with Crippen molar-refractivity contribution in [2.24, 2.45) is 12.0 Å². The van der Waals surface area contributed by atoms with Gasteiger partial charge in [0.25, 0.3) is 5.56 Å². The molecule has 1 aromatic heterocycles. The summed E-state index contributed by atoms with van der Waals surface area (Å²) in [5, 5.41) is 0. The van der Waals surface area contributed by atoms with E-state index < -0.39 is 0 Å². The topological polar surface area (TPSA) is 59.7 Å². The molecule has 0 aliphatic rings. The summed E-state index contributed by atoms with van der Waals surface area (Å²) in [5.41, 5.74) is -0.201. The maximum atomic E-state index is 11.4. The van der Waals surface area contributed by atoms with Crippen LogP contribution in [-0.4, -0.2) is 42.0 Å². The average molecular weight is 210 g/mol. The lowest BCUT2D eigenvalue weighted by atomic mass is 10.5. The first-order valence-corrected chi connectivity index (χ1v) is 4.37. The monoisotopic (exact) mass is 210 g/mol. The fourth-order valence-electron chi connectivity index (χ4n) is 0.930. The number of nitrogens with zero attached hydrogens (tertiary/aromatic N) is 4. The van der Waals surface area contributed by atoms with Gasteiger partial charge in [-0.2, -0.15) is 4.98 Å². The summed E-state index contributed by atoms with van der Waals surface area (Å²) in [6.45, 7) is 0. The minimum absolute atomic E-state index is 0.201. The number of aromatic nitrogens is 2. The van der Waals surface area contributed by atoms with Crippen LogP contribution in [0.15, 0.2) is 15.9 Å². The first kappa shape index (κ1) is 11.2. The van der Waals surface area contributed by atoms with Crippen LogP contribution >= 0.6 is 0 Å². The van der Waals surface area contributed by atoms with Gasteiger partial charge >= 0.3 is 6.01 Å². The van der Waals surface area contributed by atoms with Crippen molar-refractivity contribution in [2.75, 3.05) is 21.2 Å². The molecule has 6 nitrogen and oxygen atoms in total. The summed E-state index contributed by atoms with van der Waals surface area (Å²) in [6.07, 6.45) is 1.57. The highest BCUT2D eigenvalue weighted by Crippen LogP contribution is 2.09. The molecule has 6 heteroatoms. The Morgan fingerprint density at radius 3 is 2.80 bits per heavy atom. The number of ether oxygens (including phenoxy) is 1. The van der Waals surface area contributed by atoms with Crippen molar-refractivity contribution in [3.05, 3.63) is 16.4 Å². The van der Waals surface area contributed by atoms with Crippen LogP contribution in [0.5, 0.6) is 6.01 Å². The predicted octanol–water partition coefficient (Wildman–Crippen LogP) is 0.0103. The van der Waals surface area contributed by atoms with Crippen molar-refractivity contribution < 1.29 is 4.74 Å². The van der Waals surface area contributed by atoms with Gasteiger partial charge in [0.1, 0.15) is 0 Å². The molecule has 0 atom stereocenters. The van der Waals surface area contributed by atoms with Gasteiger partial charge in [0, 0.05) is 27.2 Å². The summed E-state index contributed by atoms with van der Waals surface area (Å²) in [5.74, 6) is 0.337. The zero-order valence-corrected chi connectivity index (χ0v) is 9.26. The Bertz CT molecular complexity index is 423. The summed E-state index contributed by atoms with van der Waals surface area (Å²) in [6, 6.07) is 1.59.